The van der Waals surface area contributed by atoms with Crippen LogP contribution in [0.3, 0.4) is 0 Å². The Hall–Kier alpha value is 0.190. The number of thioether (sulfide) groups is 1. The van der Waals surface area contributed by atoms with Crippen LogP contribution in [0.25, 0.3) is 0 Å². The van der Waals surface area contributed by atoms with Crippen LogP contribution in [-0.2, 0) is 9.47 Å². The number of aliphatic hydroxyl groups is 1. The molecule has 0 aromatic heterocycles. The fourth-order valence-corrected chi connectivity index (χ4v) is 1.87. The molecule has 4 nitrogen and oxygen atoms in total. The third kappa shape index (κ3) is 10.5. The minimum Gasteiger partial charge on any atom is -0.390 e. The standard InChI is InChI=1S/C10H23NO3S/c1-8(11)6-15-7-10(12)5-14-9(2)4-13-3/h8-10,12H,4-7,11H2,1-3H3. The topological polar surface area (TPSA) is 64.7 Å². The van der Waals surface area contributed by atoms with Crippen LogP contribution in [-0.4, -0.2) is 55.2 Å². The SMILES string of the molecule is COCC(C)OCC(O)CSCC(C)N. The van der Waals surface area contributed by atoms with Crippen LogP contribution in [0.15, 0.2) is 0 Å². The average molecular weight is 237 g/mol. The van der Waals surface area contributed by atoms with Gasteiger partial charge in [0.05, 0.1) is 25.4 Å². The molecule has 0 bridgehead atoms. The summed E-state index contributed by atoms with van der Waals surface area (Å²) in [7, 11) is 1.63. The Labute approximate surface area is 96.5 Å². The first-order valence-electron chi connectivity index (χ1n) is 5.18. The lowest BCUT2D eigenvalue weighted by molar-refractivity contribution is -0.0257. The first-order chi connectivity index (χ1) is 7.06. The molecule has 92 valence electrons. The number of methoxy groups -OCH3 is 1. The van der Waals surface area contributed by atoms with E-state index >= 15 is 0 Å². The minimum absolute atomic E-state index is 0.0306. The van der Waals surface area contributed by atoms with E-state index in [0.29, 0.717) is 19.0 Å². The second-order valence-electron chi connectivity index (χ2n) is 3.77. The van der Waals surface area contributed by atoms with E-state index in [1.165, 1.54) is 0 Å². The van der Waals surface area contributed by atoms with Gasteiger partial charge in [-0.05, 0) is 13.8 Å². The molecule has 0 aliphatic rings. The quantitative estimate of drug-likeness (QED) is 0.610. The maximum Gasteiger partial charge on any atom is 0.0863 e. The van der Waals surface area contributed by atoms with Crippen molar-refractivity contribution in [2.45, 2.75) is 32.1 Å². The number of hydrogen-bond donors (Lipinski definition) is 2. The molecular formula is C10H23NO3S. The molecule has 5 heteroatoms. The summed E-state index contributed by atoms with van der Waals surface area (Å²) in [5.74, 6) is 1.53. The van der Waals surface area contributed by atoms with Crippen LogP contribution in [0.2, 0.25) is 0 Å². The molecule has 0 aliphatic heterocycles. The third-order valence-corrected chi connectivity index (χ3v) is 3.05. The number of ether oxygens (including phenoxy) is 2. The van der Waals surface area contributed by atoms with Gasteiger partial charge < -0.3 is 20.3 Å². The summed E-state index contributed by atoms with van der Waals surface area (Å²) in [6.45, 7) is 4.79. The van der Waals surface area contributed by atoms with Gasteiger partial charge in [0.1, 0.15) is 0 Å². The molecular weight excluding hydrogens is 214 g/mol. The van der Waals surface area contributed by atoms with E-state index in [1.807, 2.05) is 13.8 Å². The Morgan fingerprint density at radius 1 is 1.27 bits per heavy atom. The third-order valence-electron chi connectivity index (χ3n) is 1.67. The monoisotopic (exact) mass is 237 g/mol. The van der Waals surface area contributed by atoms with Crippen LogP contribution in [0.4, 0.5) is 0 Å². The van der Waals surface area contributed by atoms with Gasteiger partial charge in [0.15, 0.2) is 0 Å². The second-order valence-corrected chi connectivity index (χ2v) is 4.84. The van der Waals surface area contributed by atoms with Crippen LogP contribution in [0.1, 0.15) is 13.8 Å². The summed E-state index contributed by atoms with van der Waals surface area (Å²) in [5, 5.41) is 9.55. The highest BCUT2D eigenvalue weighted by atomic mass is 32.2. The number of nitrogens with two attached hydrogens (primary N) is 1. The van der Waals surface area contributed by atoms with Gasteiger partial charge in [0.2, 0.25) is 0 Å². The van der Waals surface area contributed by atoms with Crippen molar-refractivity contribution in [1.29, 1.82) is 0 Å². The number of rotatable bonds is 9. The van der Waals surface area contributed by atoms with Crippen LogP contribution >= 0.6 is 11.8 Å². The zero-order valence-electron chi connectivity index (χ0n) is 9.81. The summed E-state index contributed by atoms with van der Waals surface area (Å²) in [5.41, 5.74) is 5.59. The van der Waals surface area contributed by atoms with Crippen molar-refractivity contribution in [3.8, 4) is 0 Å². The van der Waals surface area contributed by atoms with E-state index in [4.69, 9.17) is 15.2 Å². The predicted octanol–water partition coefficient (Wildman–Crippen LogP) is 0.479. The fourth-order valence-electron chi connectivity index (χ4n) is 0.996. The minimum atomic E-state index is -0.423. The normalized spacial score (nSPS) is 17.4. The Balaban J connectivity index is 3.36. The zero-order valence-corrected chi connectivity index (χ0v) is 10.6. The molecule has 0 spiro atoms. The van der Waals surface area contributed by atoms with Crippen molar-refractivity contribution in [2.75, 3.05) is 31.8 Å². The molecule has 0 rings (SSSR count). The highest BCUT2D eigenvalue weighted by Crippen LogP contribution is 2.05. The van der Waals surface area contributed by atoms with Crippen LogP contribution < -0.4 is 5.73 Å². The molecule has 3 unspecified atom stereocenters. The Kier molecular flexibility index (Phi) is 9.54. The van der Waals surface area contributed by atoms with Gasteiger partial charge >= 0.3 is 0 Å². The van der Waals surface area contributed by atoms with E-state index in [0.717, 1.165) is 5.75 Å². The molecule has 0 fully saturated rings. The Bertz CT molecular complexity index is 147. The maximum absolute atomic E-state index is 9.55. The lowest BCUT2D eigenvalue weighted by atomic mass is 10.4. The maximum atomic E-state index is 9.55. The van der Waals surface area contributed by atoms with E-state index in [1.54, 1.807) is 18.9 Å². The molecule has 0 radical (unpaired) electrons. The lowest BCUT2D eigenvalue weighted by Crippen LogP contribution is -2.25. The highest BCUT2D eigenvalue weighted by Gasteiger charge is 2.08. The largest absolute Gasteiger partial charge is 0.390 e. The second kappa shape index (κ2) is 9.42. The molecule has 0 heterocycles. The molecule has 0 saturated carbocycles. The summed E-state index contributed by atoms with van der Waals surface area (Å²) in [6, 6.07) is 0.176. The van der Waals surface area contributed by atoms with Gasteiger partial charge in [-0.3, -0.25) is 0 Å². The average Bonchev–Trinajstić information content (AvgIpc) is 2.14. The van der Waals surface area contributed by atoms with Crippen LogP contribution in [0.5, 0.6) is 0 Å². The van der Waals surface area contributed by atoms with Crippen molar-refractivity contribution in [3.63, 3.8) is 0 Å². The molecule has 3 atom stereocenters. The fraction of sp³-hybridized carbons (Fsp3) is 1.00. The molecule has 0 aliphatic carbocycles. The van der Waals surface area contributed by atoms with Crippen molar-refractivity contribution < 1.29 is 14.6 Å². The summed E-state index contributed by atoms with van der Waals surface area (Å²) < 4.78 is 10.3. The summed E-state index contributed by atoms with van der Waals surface area (Å²) >= 11 is 1.65. The first kappa shape index (κ1) is 15.2. The van der Waals surface area contributed by atoms with Gasteiger partial charge in [-0.25, -0.2) is 0 Å². The van der Waals surface area contributed by atoms with Crippen molar-refractivity contribution in [1.82, 2.24) is 0 Å². The van der Waals surface area contributed by atoms with E-state index in [-0.39, 0.29) is 12.1 Å². The molecule has 0 aromatic carbocycles. The van der Waals surface area contributed by atoms with E-state index in [2.05, 4.69) is 0 Å². The molecule has 15 heavy (non-hydrogen) atoms. The van der Waals surface area contributed by atoms with Gasteiger partial charge in [0, 0.05) is 24.7 Å². The smallest absolute Gasteiger partial charge is 0.0863 e. The molecule has 0 saturated heterocycles. The van der Waals surface area contributed by atoms with Crippen molar-refractivity contribution >= 4 is 11.8 Å². The van der Waals surface area contributed by atoms with Gasteiger partial charge in [-0.1, -0.05) is 0 Å². The van der Waals surface area contributed by atoms with Gasteiger partial charge in [0.25, 0.3) is 0 Å². The predicted molar refractivity (Wildman–Crippen MR) is 64.3 cm³/mol. The number of hydrogen-bond acceptors (Lipinski definition) is 5. The lowest BCUT2D eigenvalue weighted by Gasteiger charge is -2.15. The highest BCUT2D eigenvalue weighted by molar-refractivity contribution is 7.99. The van der Waals surface area contributed by atoms with E-state index < -0.39 is 6.10 Å². The Morgan fingerprint density at radius 2 is 1.93 bits per heavy atom. The van der Waals surface area contributed by atoms with Crippen molar-refractivity contribution in [3.05, 3.63) is 0 Å². The Morgan fingerprint density at radius 3 is 2.47 bits per heavy atom. The van der Waals surface area contributed by atoms with E-state index in [9.17, 15) is 5.11 Å². The van der Waals surface area contributed by atoms with Crippen molar-refractivity contribution in [2.24, 2.45) is 5.73 Å². The first-order valence-corrected chi connectivity index (χ1v) is 6.33. The van der Waals surface area contributed by atoms with Gasteiger partial charge in [-0.2, -0.15) is 11.8 Å². The summed E-state index contributed by atoms with van der Waals surface area (Å²) in [6.07, 6.45) is -0.392. The molecule has 0 amide bonds. The van der Waals surface area contributed by atoms with Gasteiger partial charge in [-0.15, -0.1) is 0 Å². The molecule has 0 aromatic rings. The number of aliphatic hydroxyl groups excluding tert-OH is 1. The zero-order chi connectivity index (χ0) is 11.7. The summed E-state index contributed by atoms with van der Waals surface area (Å²) in [4.78, 5) is 0. The van der Waals surface area contributed by atoms with Crippen LogP contribution in [0, 0.1) is 0 Å². The molecule has 3 N–H and O–H groups in total.